The van der Waals surface area contributed by atoms with Crippen LogP contribution in [0.5, 0.6) is 0 Å². The normalized spacial score (nSPS) is 12.3. The van der Waals surface area contributed by atoms with Crippen molar-refractivity contribution in [2.45, 2.75) is 0 Å². The van der Waals surface area contributed by atoms with Crippen molar-refractivity contribution >= 4 is 34.2 Å². The molecule has 0 atom stereocenters. The Morgan fingerprint density at radius 1 is 0.368 bits per heavy atom. The molecule has 1 aliphatic carbocycles. The molecule has 4 heteroatoms. The highest BCUT2D eigenvalue weighted by Crippen LogP contribution is 2.46. The van der Waals surface area contributed by atoms with Crippen LogP contribution in [0.4, 0.5) is 0 Å². The second-order valence-electron chi connectivity index (χ2n) is 9.17. The van der Waals surface area contributed by atoms with Gasteiger partial charge in [0.05, 0.1) is 0 Å². The molecular formula is C34H20O2S2. The van der Waals surface area contributed by atoms with E-state index in [2.05, 4.69) is 0 Å². The van der Waals surface area contributed by atoms with E-state index in [0.29, 0.717) is 22.3 Å². The zero-order valence-electron chi connectivity index (χ0n) is 20.2. The zero-order chi connectivity index (χ0) is 25.6. The molecule has 0 bridgehead atoms. The van der Waals surface area contributed by atoms with Crippen LogP contribution in [0.2, 0.25) is 0 Å². The Hall–Kier alpha value is -4.38. The molecule has 0 N–H and O–H groups in total. The number of ketones is 2. The molecule has 2 nitrogen and oxygen atoms in total. The molecule has 7 rings (SSSR count). The Morgan fingerprint density at radius 3 is 1.11 bits per heavy atom. The number of fused-ring (bicyclic) bond motifs is 2. The maximum Gasteiger partial charge on any atom is 0.195 e. The summed E-state index contributed by atoms with van der Waals surface area (Å²) < 4.78 is 0. The van der Waals surface area contributed by atoms with Crippen molar-refractivity contribution in [3.63, 3.8) is 0 Å². The summed E-state index contributed by atoms with van der Waals surface area (Å²) in [7, 11) is 0. The number of carbonyl (C=O) groups excluding carboxylic acids is 2. The highest BCUT2D eigenvalue weighted by Gasteiger charge is 2.38. The minimum Gasteiger partial charge on any atom is -0.289 e. The van der Waals surface area contributed by atoms with Gasteiger partial charge in [-0.25, -0.2) is 0 Å². The highest BCUT2D eigenvalue weighted by atomic mass is 32.1. The minimum atomic E-state index is -0.104. The zero-order valence-corrected chi connectivity index (χ0v) is 21.8. The summed E-state index contributed by atoms with van der Waals surface area (Å²) in [6, 6.07) is 35.7. The highest BCUT2D eigenvalue weighted by molar-refractivity contribution is 7.13. The number of carbonyl (C=O) groups is 2. The summed E-state index contributed by atoms with van der Waals surface area (Å²) in [6.07, 6.45) is 0. The van der Waals surface area contributed by atoms with Crippen molar-refractivity contribution in [3.05, 3.63) is 142 Å². The molecule has 38 heavy (non-hydrogen) atoms. The first-order valence-corrected chi connectivity index (χ1v) is 14.1. The number of hydrogen-bond acceptors (Lipinski definition) is 4. The average Bonchev–Trinajstić information content (AvgIpc) is 3.71. The molecule has 1 aliphatic rings. The van der Waals surface area contributed by atoms with Gasteiger partial charge in [0.1, 0.15) is 0 Å². The van der Waals surface area contributed by atoms with E-state index in [1.807, 2.05) is 120 Å². The fourth-order valence-corrected chi connectivity index (χ4v) is 6.91. The lowest BCUT2D eigenvalue weighted by Crippen LogP contribution is -2.24. The molecule has 0 saturated carbocycles. The van der Waals surface area contributed by atoms with E-state index in [9.17, 15) is 9.59 Å². The second-order valence-corrected chi connectivity index (χ2v) is 11.1. The lowest BCUT2D eigenvalue weighted by molar-refractivity contribution is 0.0981. The molecule has 0 fully saturated rings. The van der Waals surface area contributed by atoms with Gasteiger partial charge in [0.2, 0.25) is 0 Å². The topological polar surface area (TPSA) is 34.1 Å². The van der Waals surface area contributed by atoms with E-state index in [4.69, 9.17) is 0 Å². The molecule has 0 aliphatic heterocycles. The van der Waals surface area contributed by atoms with Gasteiger partial charge in [-0.1, -0.05) is 97.1 Å². The summed E-state index contributed by atoms with van der Waals surface area (Å²) in [4.78, 5) is 31.4. The Bertz CT molecular complexity index is 1680. The average molecular weight is 525 g/mol. The minimum absolute atomic E-state index is 0.104. The molecule has 180 valence electrons. The van der Waals surface area contributed by atoms with Crippen LogP contribution in [0.15, 0.2) is 120 Å². The Labute approximate surface area is 228 Å². The van der Waals surface area contributed by atoms with Gasteiger partial charge in [0.25, 0.3) is 0 Å². The van der Waals surface area contributed by atoms with Crippen molar-refractivity contribution in [3.8, 4) is 43.1 Å². The number of rotatable bonds is 4. The van der Waals surface area contributed by atoms with Gasteiger partial charge < -0.3 is 0 Å². The van der Waals surface area contributed by atoms with Crippen LogP contribution < -0.4 is 0 Å². The van der Waals surface area contributed by atoms with Crippen molar-refractivity contribution in [1.82, 2.24) is 0 Å². The predicted octanol–water partition coefficient (Wildman–Crippen LogP) is 9.25. The van der Waals surface area contributed by atoms with E-state index in [-0.39, 0.29) is 11.6 Å². The fraction of sp³-hybridized carbons (Fsp3) is 0. The molecule has 0 spiro atoms. The fourth-order valence-electron chi connectivity index (χ4n) is 5.39. The Balaban J connectivity index is 1.59. The van der Waals surface area contributed by atoms with Crippen LogP contribution in [0.3, 0.4) is 0 Å². The molecule has 0 saturated heterocycles. The first-order chi connectivity index (χ1) is 18.7. The van der Waals surface area contributed by atoms with Crippen LogP contribution in [-0.4, -0.2) is 11.6 Å². The summed E-state index contributed by atoms with van der Waals surface area (Å²) in [5.41, 5.74) is 6.98. The Morgan fingerprint density at radius 2 is 0.737 bits per heavy atom. The third kappa shape index (κ3) is 3.53. The van der Waals surface area contributed by atoms with Crippen molar-refractivity contribution in [2.24, 2.45) is 0 Å². The van der Waals surface area contributed by atoms with Gasteiger partial charge in [-0.15, -0.1) is 22.7 Å². The summed E-state index contributed by atoms with van der Waals surface area (Å²) in [5, 5.41) is 4.00. The summed E-state index contributed by atoms with van der Waals surface area (Å²) in [6.45, 7) is 0. The van der Waals surface area contributed by atoms with Crippen LogP contribution in [0.1, 0.15) is 31.8 Å². The lowest BCUT2D eigenvalue weighted by atomic mass is 9.74. The molecule has 0 unspecified atom stereocenters. The van der Waals surface area contributed by atoms with Crippen LogP contribution >= 0.6 is 22.7 Å². The SMILES string of the molecule is O=C1c2c(-c3ccccc3)ccc(-c3cccs3)c2C(=O)c2c(-c3ccccc3)ccc(-c3cccs3)c21. The first kappa shape index (κ1) is 22.8. The largest absolute Gasteiger partial charge is 0.289 e. The summed E-state index contributed by atoms with van der Waals surface area (Å²) >= 11 is 3.15. The lowest BCUT2D eigenvalue weighted by Gasteiger charge is -2.26. The van der Waals surface area contributed by atoms with Gasteiger partial charge in [-0.05, 0) is 45.1 Å². The quantitative estimate of drug-likeness (QED) is 0.230. The third-order valence-corrected chi connectivity index (χ3v) is 8.87. The van der Waals surface area contributed by atoms with Gasteiger partial charge >= 0.3 is 0 Å². The smallest absolute Gasteiger partial charge is 0.195 e. The Kier molecular flexibility index (Phi) is 5.50. The van der Waals surface area contributed by atoms with Crippen LogP contribution in [0.25, 0.3) is 43.1 Å². The van der Waals surface area contributed by atoms with E-state index in [0.717, 1.165) is 43.1 Å². The van der Waals surface area contributed by atoms with Gasteiger partial charge in [-0.3, -0.25) is 9.59 Å². The van der Waals surface area contributed by atoms with E-state index in [1.54, 1.807) is 22.7 Å². The number of thiophene rings is 2. The van der Waals surface area contributed by atoms with Gasteiger partial charge in [0, 0.05) is 43.1 Å². The number of benzene rings is 4. The molecule has 2 heterocycles. The number of hydrogen-bond donors (Lipinski definition) is 0. The van der Waals surface area contributed by atoms with Crippen molar-refractivity contribution in [1.29, 1.82) is 0 Å². The molecule has 0 amide bonds. The molecule has 0 radical (unpaired) electrons. The van der Waals surface area contributed by atoms with E-state index in [1.165, 1.54) is 0 Å². The molecule has 6 aromatic rings. The molecule has 2 aromatic heterocycles. The van der Waals surface area contributed by atoms with Crippen molar-refractivity contribution in [2.75, 3.05) is 0 Å². The van der Waals surface area contributed by atoms with E-state index >= 15 is 0 Å². The van der Waals surface area contributed by atoms with Crippen LogP contribution in [0, 0.1) is 0 Å². The van der Waals surface area contributed by atoms with Crippen molar-refractivity contribution < 1.29 is 9.59 Å². The second kappa shape index (κ2) is 9.18. The van der Waals surface area contributed by atoms with E-state index < -0.39 is 0 Å². The predicted molar refractivity (Wildman–Crippen MR) is 157 cm³/mol. The molecular weight excluding hydrogens is 505 g/mol. The van der Waals surface area contributed by atoms with Gasteiger partial charge in [-0.2, -0.15) is 0 Å². The first-order valence-electron chi connectivity index (χ1n) is 12.3. The summed E-state index contributed by atoms with van der Waals surface area (Å²) in [5.74, 6) is -0.207. The van der Waals surface area contributed by atoms with Gasteiger partial charge in [0.15, 0.2) is 11.6 Å². The maximum atomic E-state index is 14.7. The standard InChI is InChI=1S/C34H20O2S2/c35-33-29-23(21-9-3-1-4-10-21)15-17-25(27-13-7-19-37-27)31(29)34(36)30-24(22-11-5-2-6-12-22)16-18-26(32(30)33)28-14-8-20-38-28/h1-20H. The van der Waals surface area contributed by atoms with Crippen LogP contribution in [-0.2, 0) is 0 Å². The molecule has 4 aromatic carbocycles. The maximum absolute atomic E-state index is 14.7. The monoisotopic (exact) mass is 524 g/mol. The third-order valence-electron chi connectivity index (χ3n) is 7.06.